The molecule has 0 unspecified atom stereocenters. The summed E-state index contributed by atoms with van der Waals surface area (Å²) in [5.41, 5.74) is 2.32. The van der Waals surface area contributed by atoms with Crippen molar-refractivity contribution in [1.29, 1.82) is 0 Å². The number of hydrogen-bond donors (Lipinski definition) is 1. The van der Waals surface area contributed by atoms with Gasteiger partial charge in [0.25, 0.3) is 5.91 Å². The molecule has 1 amide bonds. The quantitative estimate of drug-likeness (QED) is 0.723. The average molecular weight is 356 g/mol. The molecule has 1 N–H and O–H groups in total. The van der Waals surface area contributed by atoms with Gasteiger partial charge in [-0.25, -0.2) is 9.37 Å². The van der Waals surface area contributed by atoms with E-state index in [1.165, 1.54) is 23.5 Å². The number of amides is 1. The number of nitrogens with zero attached hydrogens (tertiary/aromatic N) is 1. The Bertz CT molecular complexity index is 862. The number of carbonyl (C=O) groups is 1. The molecule has 3 rings (SSSR count). The van der Waals surface area contributed by atoms with Crippen LogP contribution in [0.15, 0.2) is 53.9 Å². The molecule has 0 bridgehead atoms. The Morgan fingerprint density at radius 2 is 2.04 bits per heavy atom. The fourth-order valence-electron chi connectivity index (χ4n) is 2.22. The first kappa shape index (κ1) is 17.1. The molecular formula is C19H17FN2O2S. The van der Waals surface area contributed by atoms with Gasteiger partial charge >= 0.3 is 0 Å². The number of aryl methyl sites for hydroxylation is 1. The van der Waals surface area contributed by atoms with Gasteiger partial charge in [0.05, 0.1) is 6.54 Å². The van der Waals surface area contributed by atoms with Gasteiger partial charge in [-0.1, -0.05) is 18.2 Å². The van der Waals surface area contributed by atoms with Crippen molar-refractivity contribution in [2.24, 2.45) is 0 Å². The van der Waals surface area contributed by atoms with Crippen LogP contribution in [0.3, 0.4) is 0 Å². The van der Waals surface area contributed by atoms with Gasteiger partial charge < -0.3 is 10.1 Å². The first-order valence-corrected chi connectivity index (χ1v) is 8.64. The minimum atomic E-state index is -0.280. The van der Waals surface area contributed by atoms with Crippen LogP contribution >= 0.6 is 11.3 Å². The fourth-order valence-corrected chi connectivity index (χ4v) is 2.93. The zero-order valence-electron chi connectivity index (χ0n) is 13.7. The standard InChI is InChI=1S/C19H17FN2O2S/c1-13-12-25-18(22-13)10-21-19(23)15-3-2-4-17(9-15)24-11-14-5-7-16(20)8-6-14/h2-9,12H,10-11H2,1H3,(H,21,23). The van der Waals surface area contributed by atoms with Crippen LogP contribution in [0, 0.1) is 12.7 Å². The van der Waals surface area contributed by atoms with Gasteiger partial charge in [-0.2, -0.15) is 0 Å². The van der Waals surface area contributed by atoms with Gasteiger partial charge in [0.1, 0.15) is 23.2 Å². The van der Waals surface area contributed by atoms with Crippen LogP contribution in [0.25, 0.3) is 0 Å². The van der Waals surface area contributed by atoms with Gasteiger partial charge in [0.15, 0.2) is 0 Å². The molecule has 0 radical (unpaired) electrons. The Balaban J connectivity index is 1.58. The van der Waals surface area contributed by atoms with Crippen molar-refractivity contribution in [3.63, 3.8) is 0 Å². The van der Waals surface area contributed by atoms with Crippen LogP contribution in [0.2, 0.25) is 0 Å². The van der Waals surface area contributed by atoms with E-state index in [1.807, 2.05) is 12.3 Å². The third kappa shape index (κ3) is 4.87. The zero-order valence-corrected chi connectivity index (χ0v) is 14.5. The monoisotopic (exact) mass is 356 g/mol. The molecule has 2 aromatic carbocycles. The van der Waals surface area contributed by atoms with Crippen LogP contribution in [-0.2, 0) is 13.2 Å². The first-order chi connectivity index (χ1) is 12.1. The van der Waals surface area contributed by atoms with E-state index in [-0.39, 0.29) is 11.7 Å². The molecule has 1 heterocycles. The highest BCUT2D eigenvalue weighted by Gasteiger charge is 2.08. The number of carbonyl (C=O) groups excluding carboxylic acids is 1. The second kappa shape index (κ2) is 7.90. The van der Waals surface area contributed by atoms with Crippen molar-refractivity contribution in [2.75, 3.05) is 0 Å². The van der Waals surface area contributed by atoms with Crippen molar-refractivity contribution in [3.8, 4) is 5.75 Å². The van der Waals surface area contributed by atoms with Gasteiger partial charge in [0.2, 0.25) is 0 Å². The second-order valence-corrected chi connectivity index (χ2v) is 6.45. The number of thiazole rings is 1. The fraction of sp³-hybridized carbons (Fsp3) is 0.158. The van der Waals surface area contributed by atoms with Crippen LogP contribution in [-0.4, -0.2) is 10.9 Å². The molecule has 0 saturated carbocycles. The molecule has 0 aliphatic rings. The Kier molecular flexibility index (Phi) is 5.40. The summed E-state index contributed by atoms with van der Waals surface area (Å²) in [6, 6.07) is 13.1. The lowest BCUT2D eigenvalue weighted by molar-refractivity contribution is 0.0950. The minimum absolute atomic E-state index is 0.180. The van der Waals surface area contributed by atoms with E-state index in [0.29, 0.717) is 24.5 Å². The summed E-state index contributed by atoms with van der Waals surface area (Å²) in [6.07, 6.45) is 0. The maximum absolute atomic E-state index is 12.9. The number of halogens is 1. The molecule has 0 aliphatic carbocycles. The molecule has 0 spiro atoms. The van der Waals surface area contributed by atoms with Crippen molar-refractivity contribution >= 4 is 17.2 Å². The molecule has 128 valence electrons. The summed E-state index contributed by atoms with van der Waals surface area (Å²) in [5.74, 6) is 0.125. The molecule has 4 nitrogen and oxygen atoms in total. The van der Waals surface area contributed by atoms with E-state index >= 15 is 0 Å². The lowest BCUT2D eigenvalue weighted by atomic mass is 10.2. The number of rotatable bonds is 6. The van der Waals surface area contributed by atoms with E-state index in [9.17, 15) is 9.18 Å². The van der Waals surface area contributed by atoms with Crippen molar-refractivity contribution in [3.05, 3.63) is 81.6 Å². The van der Waals surface area contributed by atoms with E-state index in [0.717, 1.165) is 16.3 Å². The first-order valence-electron chi connectivity index (χ1n) is 7.77. The summed E-state index contributed by atoms with van der Waals surface area (Å²) in [4.78, 5) is 16.6. The maximum Gasteiger partial charge on any atom is 0.251 e. The Hall–Kier alpha value is -2.73. The third-order valence-corrected chi connectivity index (χ3v) is 4.45. The normalized spacial score (nSPS) is 10.5. The minimum Gasteiger partial charge on any atom is -0.489 e. The largest absolute Gasteiger partial charge is 0.489 e. The van der Waals surface area contributed by atoms with Crippen LogP contribution < -0.4 is 10.1 Å². The van der Waals surface area contributed by atoms with Crippen LogP contribution in [0.1, 0.15) is 26.6 Å². The van der Waals surface area contributed by atoms with Crippen molar-refractivity contribution < 1.29 is 13.9 Å². The SMILES string of the molecule is Cc1csc(CNC(=O)c2cccc(OCc3ccc(F)cc3)c2)n1. The van der Waals surface area contributed by atoms with Crippen molar-refractivity contribution in [1.82, 2.24) is 10.3 Å². The maximum atomic E-state index is 12.9. The molecule has 0 atom stereocenters. The number of benzene rings is 2. The van der Waals surface area contributed by atoms with E-state index in [1.54, 1.807) is 36.4 Å². The molecule has 3 aromatic rings. The van der Waals surface area contributed by atoms with Gasteiger partial charge in [0, 0.05) is 16.6 Å². The Morgan fingerprint density at radius 3 is 2.76 bits per heavy atom. The number of aromatic nitrogens is 1. The summed E-state index contributed by atoms with van der Waals surface area (Å²) in [6.45, 7) is 2.63. The highest BCUT2D eigenvalue weighted by Crippen LogP contribution is 2.16. The number of nitrogens with one attached hydrogen (secondary N) is 1. The summed E-state index contributed by atoms with van der Waals surface area (Å²) < 4.78 is 18.6. The van der Waals surface area contributed by atoms with Gasteiger partial charge in [-0.15, -0.1) is 11.3 Å². The number of hydrogen-bond acceptors (Lipinski definition) is 4. The van der Waals surface area contributed by atoms with Crippen molar-refractivity contribution in [2.45, 2.75) is 20.1 Å². The topological polar surface area (TPSA) is 51.2 Å². The summed E-state index contributed by atoms with van der Waals surface area (Å²) in [5, 5.41) is 5.67. The molecule has 25 heavy (non-hydrogen) atoms. The van der Waals surface area contributed by atoms with Crippen LogP contribution in [0.4, 0.5) is 4.39 Å². The highest BCUT2D eigenvalue weighted by atomic mass is 32.1. The van der Waals surface area contributed by atoms with Gasteiger partial charge in [-0.05, 0) is 42.8 Å². The summed E-state index contributed by atoms with van der Waals surface area (Å²) >= 11 is 1.52. The highest BCUT2D eigenvalue weighted by molar-refractivity contribution is 7.09. The lowest BCUT2D eigenvalue weighted by Crippen LogP contribution is -2.22. The third-order valence-electron chi connectivity index (χ3n) is 3.48. The van der Waals surface area contributed by atoms with E-state index in [2.05, 4.69) is 10.3 Å². The predicted molar refractivity (Wildman–Crippen MR) is 95.2 cm³/mol. The zero-order chi connectivity index (χ0) is 17.6. The molecule has 0 aliphatic heterocycles. The van der Waals surface area contributed by atoms with Crippen LogP contribution in [0.5, 0.6) is 5.75 Å². The Morgan fingerprint density at radius 1 is 1.24 bits per heavy atom. The lowest BCUT2D eigenvalue weighted by Gasteiger charge is -2.08. The molecular weight excluding hydrogens is 339 g/mol. The summed E-state index contributed by atoms with van der Waals surface area (Å²) in [7, 11) is 0. The van der Waals surface area contributed by atoms with E-state index < -0.39 is 0 Å². The van der Waals surface area contributed by atoms with Gasteiger partial charge in [-0.3, -0.25) is 4.79 Å². The Labute approximate surface area is 149 Å². The average Bonchev–Trinajstić information content (AvgIpc) is 3.05. The predicted octanol–water partition coefficient (Wildman–Crippen LogP) is 4.10. The smallest absolute Gasteiger partial charge is 0.251 e. The van der Waals surface area contributed by atoms with E-state index in [4.69, 9.17) is 4.74 Å². The molecule has 1 aromatic heterocycles. The molecule has 0 fully saturated rings. The molecule has 0 saturated heterocycles. The second-order valence-electron chi connectivity index (χ2n) is 5.51. The molecule has 6 heteroatoms. The number of ether oxygens (including phenoxy) is 1.